The molecule has 1 aromatic carbocycles. The van der Waals surface area contributed by atoms with Gasteiger partial charge < -0.3 is 14.8 Å². The van der Waals surface area contributed by atoms with E-state index in [4.69, 9.17) is 9.47 Å². The van der Waals surface area contributed by atoms with Crippen molar-refractivity contribution >= 4 is 17.6 Å². The summed E-state index contributed by atoms with van der Waals surface area (Å²) in [5.74, 6) is -0.590. The summed E-state index contributed by atoms with van der Waals surface area (Å²) < 4.78 is 10.3. The molecule has 1 unspecified atom stereocenters. The Hall–Kier alpha value is -2.89. The van der Waals surface area contributed by atoms with E-state index < -0.39 is 18.0 Å². The molecular weight excluding hydrogens is 284 g/mol. The number of aromatic nitrogens is 1. The van der Waals surface area contributed by atoms with Gasteiger partial charge in [0.25, 0.3) is 5.91 Å². The molecular formula is C16H14N2O4. The summed E-state index contributed by atoms with van der Waals surface area (Å²) in [5.41, 5.74) is 1.74. The van der Waals surface area contributed by atoms with E-state index in [2.05, 4.69) is 10.3 Å². The summed E-state index contributed by atoms with van der Waals surface area (Å²) in [5, 5.41) is 2.68. The Balaban J connectivity index is 1.78. The quantitative estimate of drug-likeness (QED) is 0.874. The molecule has 0 radical (unpaired) electrons. The lowest BCUT2D eigenvalue weighted by Crippen LogP contribution is -2.38. The number of amides is 1. The van der Waals surface area contributed by atoms with Gasteiger partial charge in [-0.25, -0.2) is 9.78 Å². The van der Waals surface area contributed by atoms with Crippen LogP contribution in [0, 0.1) is 0 Å². The average Bonchev–Trinajstić information content (AvgIpc) is 2.55. The van der Waals surface area contributed by atoms with E-state index in [0.29, 0.717) is 23.6 Å². The largest absolute Gasteiger partial charge is 0.480 e. The van der Waals surface area contributed by atoms with E-state index in [1.54, 1.807) is 30.5 Å². The number of rotatable bonds is 3. The van der Waals surface area contributed by atoms with Crippen LogP contribution in [0.25, 0.3) is 0 Å². The van der Waals surface area contributed by atoms with Gasteiger partial charge in [0.2, 0.25) is 5.88 Å². The van der Waals surface area contributed by atoms with Crippen LogP contribution in [0.2, 0.25) is 0 Å². The van der Waals surface area contributed by atoms with Crippen LogP contribution in [-0.4, -0.2) is 30.1 Å². The first kappa shape index (κ1) is 14.1. The summed E-state index contributed by atoms with van der Waals surface area (Å²) >= 11 is 0. The third kappa shape index (κ3) is 2.63. The van der Waals surface area contributed by atoms with E-state index >= 15 is 0 Å². The van der Waals surface area contributed by atoms with Gasteiger partial charge in [-0.2, -0.15) is 0 Å². The number of anilines is 1. The lowest BCUT2D eigenvalue weighted by Gasteiger charge is -2.23. The number of hydrogen-bond acceptors (Lipinski definition) is 5. The van der Waals surface area contributed by atoms with Gasteiger partial charge in [0, 0.05) is 12.6 Å². The molecule has 22 heavy (non-hydrogen) atoms. The molecule has 2 heterocycles. The van der Waals surface area contributed by atoms with Crippen LogP contribution in [-0.2, 0) is 16.0 Å². The molecule has 0 saturated heterocycles. The van der Waals surface area contributed by atoms with E-state index in [1.165, 1.54) is 7.11 Å². The number of pyridine rings is 1. The number of cyclic esters (lactones) is 1. The van der Waals surface area contributed by atoms with Crippen molar-refractivity contribution < 1.29 is 19.1 Å². The number of fused-ring (bicyclic) bond motifs is 1. The van der Waals surface area contributed by atoms with Gasteiger partial charge in [-0.3, -0.25) is 4.79 Å². The molecule has 1 aliphatic heterocycles. The monoisotopic (exact) mass is 298 g/mol. The van der Waals surface area contributed by atoms with Gasteiger partial charge in [0.15, 0.2) is 6.10 Å². The van der Waals surface area contributed by atoms with Gasteiger partial charge in [-0.1, -0.05) is 18.2 Å². The molecule has 1 aliphatic rings. The molecule has 1 N–H and O–H groups in total. The summed E-state index contributed by atoms with van der Waals surface area (Å²) in [6, 6.07) is 10.5. The number of nitrogens with one attached hydrogen (secondary N) is 1. The Bertz CT molecular complexity index is 730. The van der Waals surface area contributed by atoms with Crippen molar-refractivity contribution in [2.75, 3.05) is 12.4 Å². The lowest BCUT2D eigenvalue weighted by atomic mass is 9.98. The van der Waals surface area contributed by atoms with E-state index in [-0.39, 0.29) is 0 Å². The van der Waals surface area contributed by atoms with Crippen molar-refractivity contribution in [3.8, 4) is 5.88 Å². The van der Waals surface area contributed by atoms with Crippen LogP contribution in [0.5, 0.6) is 5.88 Å². The van der Waals surface area contributed by atoms with E-state index in [9.17, 15) is 9.59 Å². The minimum Gasteiger partial charge on any atom is -0.480 e. The number of benzene rings is 1. The molecule has 0 aliphatic carbocycles. The molecule has 1 atom stereocenters. The number of methoxy groups -OCH3 is 1. The SMILES string of the molecule is COc1ncccc1NC(=O)C1Cc2ccccc2C(=O)O1. The van der Waals surface area contributed by atoms with Crippen LogP contribution in [0.1, 0.15) is 15.9 Å². The number of esters is 1. The van der Waals surface area contributed by atoms with Gasteiger partial charge in [0.05, 0.1) is 12.7 Å². The van der Waals surface area contributed by atoms with Crippen molar-refractivity contribution in [2.45, 2.75) is 12.5 Å². The number of nitrogens with zero attached hydrogens (tertiary/aromatic N) is 1. The second-order valence-electron chi connectivity index (χ2n) is 4.80. The first-order valence-corrected chi connectivity index (χ1v) is 6.78. The third-order valence-electron chi connectivity index (χ3n) is 3.41. The molecule has 0 saturated carbocycles. The number of carbonyl (C=O) groups excluding carboxylic acids is 2. The zero-order valence-corrected chi connectivity index (χ0v) is 11.9. The minimum absolute atomic E-state index is 0.304. The molecule has 2 aromatic rings. The summed E-state index contributed by atoms with van der Waals surface area (Å²) in [6.45, 7) is 0. The maximum absolute atomic E-state index is 12.3. The van der Waals surface area contributed by atoms with Gasteiger partial charge in [-0.15, -0.1) is 0 Å². The molecule has 1 aromatic heterocycles. The summed E-state index contributed by atoms with van der Waals surface area (Å²) in [6.07, 6.45) is 1.04. The summed E-state index contributed by atoms with van der Waals surface area (Å²) in [7, 11) is 1.47. The number of carbonyl (C=O) groups is 2. The lowest BCUT2D eigenvalue weighted by molar-refractivity contribution is -0.125. The third-order valence-corrected chi connectivity index (χ3v) is 3.41. The van der Waals surface area contributed by atoms with Crippen LogP contribution < -0.4 is 10.1 Å². The van der Waals surface area contributed by atoms with E-state index in [1.807, 2.05) is 12.1 Å². The molecule has 0 bridgehead atoms. The molecule has 112 valence electrons. The second kappa shape index (κ2) is 5.85. The molecule has 0 spiro atoms. The molecule has 6 heteroatoms. The maximum atomic E-state index is 12.3. The zero-order valence-electron chi connectivity index (χ0n) is 11.9. The van der Waals surface area contributed by atoms with Crippen LogP contribution in [0.3, 0.4) is 0 Å². The minimum atomic E-state index is -0.868. The standard InChI is InChI=1S/C16H14N2O4/c1-21-15-12(7-4-8-17-15)18-14(19)13-9-10-5-2-3-6-11(10)16(20)22-13/h2-8,13H,9H2,1H3,(H,18,19). The fraction of sp³-hybridized carbons (Fsp3) is 0.188. The zero-order chi connectivity index (χ0) is 15.5. The Kier molecular flexibility index (Phi) is 3.74. The summed E-state index contributed by atoms with van der Waals surface area (Å²) in [4.78, 5) is 28.3. The van der Waals surface area contributed by atoms with Crippen molar-refractivity contribution in [3.63, 3.8) is 0 Å². The average molecular weight is 298 g/mol. The van der Waals surface area contributed by atoms with Gasteiger partial charge in [0.1, 0.15) is 5.69 Å². The molecule has 3 rings (SSSR count). The van der Waals surface area contributed by atoms with Crippen LogP contribution in [0.15, 0.2) is 42.6 Å². The molecule has 0 fully saturated rings. The van der Waals surface area contributed by atoms with Crippen molar-refractivity contribution in [1.29, 1.82) is 0 Å². The first-order chi connectivity index (χ1) is 10.7. The van der Waals surface area contributed by atoms with Crippen molar-refractivity contribution in [3.05, 3.63) is 53.7 Å². The fourth-order valence-electron chi connectivity index (χ4n) is 2.34. The molecule has 1 amide bonds. The van der Waals surface area contributed by atoms with Crippen LogP contribution in [0.4, 0.5) is 5.69 Å². The van der Waals surface area contributed by atoms with Gasteiger partial charge >= 0.3 is 5.97 Å². The Labute approximate surface area is 127 Å². The van der Waals surface area contributed by atoms with Crippen LogP contribution >= 0.6 is 0 Å². The highest BCUT2D eigenvalue weighted by molar-refractivity contribution is 6.00. The normalized spacial score (nSPS) is 16.4. The van der Waals surface area contributed by atoms with Crippen molar-refractivity contribution in [2.24, 2.45) is 0 Å². The highest BCUT2D eigenvalue weighted by Gasteiger charge is 2.31. The fourth-order valence-corrected chi connectivity index (χ4v) is 2.34. The second-order valence-corrected chi connectivity index (χ2v) is 4.80. The smallest absolute Gasteiger partial charge is 0.339 e. The van der Waals surface area contributed by atoms with E-state index in [0.717, 1.165) is 5.56 Å². The molecule has 6 nitrogen and oxygen atoms in total. The van der Waals surface area contributed by atoms with Gasteiger partial charge in [-0.05, 0) is 23.8 Å². The maximum Gasteiger partial charge on any atom is 0.339 e. The Morgan fingerprint density at radius 3 is 2.95 bits per heavy atom. The predicted octanol–water partition coefficient (Wildman–Crippen LogP) is 1.81. The topological polar surface area (TPSA) is 77.5 Å². The predicted molar refractivity (Wildman–Crippen MR) is 78.8 cm³/mol. The highest BCUT2D eigenvalue weighted by atomic mass is 16.5. The Morgan fingerprint density at radius 1 is 1.32 bits per heavy atom. The number of hydrogen-bond donors (Lipinski definition) is 1. The van der Waals surface area contributed by atoms with Crippen molar-refractivity contribution in [1.82, 2.24) is 4.98 Å². The highest BCUT2D eigenvalue weighted by Crippen LogP contribution is 2.24. The number of ether oxygens (including phenoxy) is 2. The Morgan fingerprint density at radius 2 is 2.14 bits per heavy atom. The first-order valence-electron chi connectivity index (χ1n) is 6.78.